The fraction of sp³-hybridized carbons (Fsp3) is 0.231. The summed E-state index contributed by atoms with van der Waals surface area (Å²) in [4.78, 5) is 1.16. The first-order valence-corrected chi connectivity index (χ1v) is 5.84. The number of thioether (sulfide) groups is 1. The van der Waals surface area contributed by atoms with E-state index in [0.29, 0.717) is 6.61 Å². The molecule has 2 heteroatoms. The summed E-state index contributed by atoms with van der Waals surface area (Å²) < 4.78 is 5.57. The van der Waals surface area contributed by atoms with Crippen molar-refractivity contribution in [2.45, 2.75) is 11.8 Å². The van der Waals surface area contributed by atoms with E-state index in [2.05, 4.69) is 32.2 Å². The first kappa shape index (κ1) is 11.9. The monoisotopic (exact) mass is 220 g/mol. The molecule has 0 aliphatic rings. The number of hydrogen-bond acceptors (Lipinski definition) is 2. The SMILES string of the molecule is C=CCOc1ccc(C)cc1SCC=C. The Morgan fingerprint density at radius 2 is 2.13 bits per heavy atom. The van der Waals surface area contributed by atoms with Gasteiger partial charge in [0.25, 0.3) is 0 Å². The summed E-state index contributed by atoms with van der Waals surface area (Å²) in [7, 11) is 0. The van der Waals surface area contributed by atoms with Crippen molar-refractivity contribution in [2.24, 2.45) is 0 Å². The largest absolute Gasteiger partial charge is 0.488 e. The smallest absolute Gasteiger partial charge is 0.133 e. The van der Waals surface area contributed by atoms with Gasteiger partial charge in [-0.25, -0.2) is 0 Å². The first-order valence-electron chi connectivity index (χ1n) is 4.86. The molecule has 0 unspecified atom stereocenters. The molecule has 0 saturated heterocycles. The minimum Gasteiger partial charge on any atom is -0.488 e. The third-order valence-corrected chi connectivity index (χ3v) is 2.84. The van der Waals surface area contributed by atoms with Gasteiger partial charge in [0.15, 0.2) is 0 Å². The number of aryl methyl sites for hydroxylation is 1. The first-order chi connectivity index (χ1) is 7.27. The molecule has 0 aromatic heterocycles. The van der Waals surface area contributed by atoms with Crippen molar-refractivity contribution in [3.63, 3.8) is 0 Å². The summed E-state index contributed by atoms with van der Waals surface area (Å²) in [5, 5.41) is 0. The molecular formula is C13H16OS. The number of ether oxygens (including phenoxy) is 1. The molecular weight excluding hydrogens is 204 g/mol. The summed E-state index contributed by atoms with van der Waals surface area (Å²) in [5.74, 6) is 1.82. The highest BCUT2D eigenvalue weighted by molar-refractivity contribution is 7.99. The van der Waals surface area contributed by atoms with Crippen molar-refractivity contribution in [3.05, 3.63) is 49.1 Å². The van der Waals surface area contributed by atoms with Crippen molar-refractivity contribution in [1.29, 1.82) is 0 Å². The van der Waals surface area contributed by atoms with Crippen LogP contribution >= 0.6 is 11.8 Å². The summed E-state index contributed by atoms with van der Waals surface area (Å²) in [6.07, 6.45) is 3.64. The Morgan fingerprint density at radius 1 is 1.33 bits per heavy atom. The van der Waals surface area contributed by atoms with Crippen LogP contribution in [-0.4, -0.2) is 12.4 Å². The van der Waals surface area contributed by atoms with Crippen molar-refractivity contribution >= 4 is 11.8 Å². The van der Waals surface area contributed by atoms with Gasteiger partial charge in [0.05, 0.1) is 0 Å². The normalized spacial score (nSPS) is 9.67. The average molecular weight is 220 g/mol. The summed E-state index contributed by atoms with van der Waals surface area (Å²) in [6, 6.07) is 6.19. The standard InChI is InChI=1S/C13H16OS/c1-4-8-14-12-7-6-11(3)10-13(12)15-9-5-2/h4-7,10H,1-2,8-9H2,3H3. The van der Waals surface area contributed by atoms with E-state index >= 15 is 0 Å². The van der Waals surface area contributed by atoms with Gasteiger partial charge in [0.2, 0.25) is 0 Å². The molecule has 0 heterocycles. The molecule has 1 aromatic rings. The van der Waals surface area contributed by atoms with E-state index < -0.39 is 0 Å². The van der Waals surface area contributed by atoms with Crippen molar-refractivity contribution in [1.82, 2.24) is 0 Å². The van der Waals surface area contributed by atoms with E-state index in [1.807, 2.05) is 12.1 Å². The zero-order valence-corrected chi connectivity index (χ0v) is 9.85. The van der Waals surface area contributed by atoms with E-state index in [1.165, 1.54) is 5.56 Å². The molecule has 0 saturated carbocycles. The lowest BCUT2D eigenvalue weighted by Gasteiger charge is -2.09. The molecule has 0 radical (unpaired) electrons. The zero-order valence-electron chi connectivity index (χ0n) is 9.03. The third-order valence-electron chi connectivity index (χ3n) is 1.81. The molecule has 0 amide bonds. The molecule has 0 aliphatic carbocycles. The van der Waals surface area contributed by atoms with E-state index in [1.54, 1.807) is 17.8 Å². The molecule has 0 aliphatic heterocycles. The molecule has 0 atom stereocenters. The van der Waals surface area contributed by atoms with Crippen LogP contribution in [0.1, 0.15) is 5.56 Å². The summed E-state index contributed by atoms with van der Waals surface area (Å²) >= 11 is 1.73. The van der Waals surface area contributed by atoms with Crippen LogP contribution in [0.5, 0.6) is 5.75 Å². The highest BCUT2D eigenvalue weighted by Crippen LogP contribution is 2.30. The van der Waals surface area contributed by atoms with Gasteiger partial charge >= 0.3 is 0 Å². The van der Waals surface area contributed by atoms with Gasteiger partial charge in [-0.05, 0) is 24.6 Å². The molecule has 1 aromatic carbocycles. The Labute approximate surface area is 95.8 Å². The second kappa shape index (κ2) is 6.36. The van der Waals surface area contributed by atoms with E-state index in [-0.39, 0.29) is 0 Å². The number of rotatable bonds is 6. The predicted molar refractivity (Wildman–Crippen MR) is 67.8 cm³/mol. The Hall–Kier alpha value is -1.15. The fourth-order valence-electron chi connectivity index (χ4n) is 1.14. The lowest BCUT2D eigenvalue weighted by molar-refractivity contribution is 0.354. The molecule has 15 heavy (non-hydrogen) atoms. The Balaban J connectivity index is 2.81. The maximum atomic E-state index is 5.57. The fourth-order valence-corrected chi connectivity index (χ4v) is 1.98. The number of hydrogen-bond donors (Lipinski definition) is 0. The molecule has 80 valence electrons. The van der Waals surface area contributed by atoms with Gasteiger partial charge in [0, 0.05) is 10.6 Å². The van der Waals surface area contributed by atoms with Gasteiger partial charge in [-0.15, -0.1) is 18.3 Å². The van der Waals surface area contributed by atoms with Gasteiger partial charge in [-0.1, -0.05) is 24.8 Å². The van der Waals surface area contributed by atoms with Gasteiger partial charge in [-0.3, -0.25) is 0 Å². The van der Waals surface area contributed by atoms with Crippen molar-refractivity contribution < 1.29 is 4.74 Å². The molecule has 0 N–H and O–H groups in total. The van der Waals surface area contributed by atoms with Crippen LogP contribution < -0.4 is 4.74 Å². The van der Waals surface area contributed by atoms with E-state index in [4.69, 9.17) is 4.74 Å². The lowest BCUT2D eigenvalue weighted by Crippen LogP contribution is -1.95. The maximum absolute atomic E-state index is 5.57. The number of benzene rings is 1. The highest BCUT2D eigenvalue weighted by Gasteiger charge is 2.03. The Morgan fingerprint density at radius 3 is 2.80 bits per heavy atom. The van der Waals surface area contributed by atoms with Crippen LogP contribution in [0.25, 0.3) is 0 Å². The summed E-state index contributed by atoms with van der Waals surface area (Å²) in [6.45, 7) is 9.97. The van der Waals surface area contributed by atoms with Gasteiger partial charge in [0.1, 0.15) is 12.4 Å². The lowest BCUT2D eigenvalue weighted by atomic mass is 10.2. The quantitative estimate of drug-likeness (QED) is 0.532. The van der Waals surface area contributed by atoms with Crippen LogP contribution in [0.2, 0.25) is 0 Å². The topological polar surface area (TPSA) is 9.23 Å². The molecule has 0 fully saturated rings. The molecule has 0 bridgehead atoms. The van der Waals surface area contributed by atoms with Crippen LogP contribution in [-0.2, 0) is 0 Å². The maximum Gasteiger partial charge on any atom is 0.133 e. The highest BCUT2D eigenvalue weighted by atomic mass is 32.2. The van der Waals surface area contributed by atoms with Gasteiger partial charge < -0.3 is 4.74 Å². The van der Waals surface area contributed by atoms with Crippen molar-refractivity contribution in [3.8, 4) is 5.75 Å². The second-order valence-corrected chi connectivity index (χ2v) is 4.21. The Bertz CT molecular complexity index is 344. The van der Waals surface area contributed by atoms with E-state index in [0.717, 1.165) is 16.4 Å². The second-order valence-electron chi connectivity index (χ2n) is 3.15. The zero-order chi connectivity index (χ0) is 11.1. The molecule has 1 nitrogen and oxygen atoms in total. The van der Waals surface area contributed by atoms with Crippen LogP contribution in [0, 0.1) is 6.92 Å². The third kappa shape index (κ3) is 3.84. The summed E-state index contributed by atoms with van der Waals surface area (Å²) in [5.41, 5.74) is 1.24. The van der Waals surface area contributed by atoms with E-state index in [9.17, 15) is 0 Å². The Kier molecular flexibility index (Phi) is 5.05. The minimum absolute atomic E-state index is 0.546. The van der Waals surface area contributed by atoms with Gasteiger partial charge in [-0.2, -0.15) is 0 Å². The minimum atomic E-state index is 0.546. The molecule has 1 rings (SSSR count). The van der Waals surface area contributed by atoms with Crippen LogP contribution in [0.3, 0.4) is 0 Å². The van der Waals surface area contributed by atoms with Crippen LogP contribution in [0.4, 0.5) is 0 Å². The molecule has 0 spiro atoms. The predicted octanol–water partition coefficient (Wildman–Crippen LogP) is 3.84. The average Bonchev–Trinajstić information content (AvgIpc) is 2.25. The van der Waals surface area contributed by atoms with Crippen molar-refractivity contribution in [2.75, 3.05) is 12.4 Å². The van der Waals surface area contributed by atoms with Crippen LogP contribution in [0.15, 0.2) is 48.4 Å².